The van der Waals surface area contributed by atoms with E-state index < -0.39 is 16.0 Å². The number of ether oxygens (including phenoxy) is 2. The zero-order valence-corrected chi connectivity index (χ0v) is 14.4. The van der Waals surface area contributed by atoms with Crippen LogP contribution in [0.1, 0.15) is 21.6 Å². The second kappa shape index (κ2) is 6.30. The predicted octanol–water partition coefficient (Wildman–Crippen LogP) is 0.558. The molecule has 0 aliphatic carbocycles. The molecule has 0 saturated carbocycles. The summed E-state index contributed by atoms with van der Waals surface area (Å²) >= 11 is 0. The lowest BCUT2D eigenvalue weighted by molar-refractivity contribution is 0.0600. The lowest BCUT2D eigenvalue weighted by atomic mass is 10.2. The molecule has 0 bridgehead atoms. The lowest BCUT2D eigenvalue weighted by Gasteiger charge is -2.18. The van der Waals surface area contributed by atoms with Crippen molar-refractivity contribution >= 4 is 21.9 Å². The number of nitrogen functional groups attached to an aromatic ring is 1. The quantitative estimate of drug-likeness (QED) is 0.780. The van der Waals surface area contributed by atoms with Crippen LogP contribution < -0.4 is 10.5 Å². The highest BCUT2D eigenvalue weighted by molar-refractivity contribution is 7.89. The number of anilines is 1. The average molecular weight is 364 g/mol. The van der Waals surface area contributed by atoms with E-state index in [2.05, 4.69) is 14.7 Å². The number of fused-ring (bicyclic) bond motifs is 1. The molecule has 25 heavy (non-hydrogen) atoms. The first kappa shape index (κ1) is 17.1. The number of benzene rings is 1. The van der Waals surface area contributed by atoms with Crippen LogP contribution in [0.3, 0.4) is 0 Å². The molecule has 0 radical (unpaired) electrons. The summed E-state index contributed by atoms with van der Waals surface area (Å²) < 4.78 is 37.1. The standard InChI is InChI=1S/C15H16N4O5S/c1-23-12-4-3-9(14(20)24-2)5-13(12)25(21,22)19-7-10-6-17-15(16)18-11(10)8-19/h3-6H,7-8H2,1-2H3,(H2,16,17,18). The van der Waals surface area contributed by atoms with Gasteiger partial charge in [-0.3, -0.25) is 0 Å². The van der Waals surface area contributed by atoms with Crippen molar-refractivity contribution in [3.8, 4) is 5.75 Å². The molecule has 2 N–H and O–H groups in total. The van der Waals surface area contributed by atoms with Crippen molar-refractivity contribution in [2.45, 2.75) is 18.0 Å². The van der Waals surface area contributed by atoms with E-state index in [1.54, 1.807) is 0 Å². The molecule has 0 atom stereocenters. The Morgan fingerprint density at radius 3 is 2.72 bits per heavy atom. The van der Waals surface area contributed by atoms with Crippen LogP contribution in [0.2, 0.25) is 0 Å². The minimum Gasteiger partial charge on any atom is -0.495 e. The summed E-state index contributed by atoms with van der Waals surface area (Å²) in [6.07, 6.45) is 1.51. The number of esters is 1. The van der Waals surface area contributed by atoms with Gasteiger partial charge in [-0.1, -0.05) is 0 Å². The molecule has 132 valence electrons. The Hall–Kier alpha value is -2.72. The Balaban J connectivity index is 2.02. The summed E-state index contributed by atoms with van der Waals surface area (Å²) in [5.41, 5.74) is 6.90. The molecule has 9 nitrogen and oxygen atoms in total. The number of methoxy groups -OCH3 is 2. The minimum absolute atomic E-state index is 0.0655. The zero-order valence-electron chi connectivity index (χ0n) is 13.6. The van der Waals surface area contributed by atoms with Gasteiger partial charge in [-0.05, 0) is 18.2 Å². The number of carbonyl (C=O) groups excluding carboxylic acids is 1. The van der Waals surface area contributed by atoms with Gasteiger partial charge in [0.2, 0.25) is 16.0 Å². The largest absolute Gasteiger partial charge is 0.495 e. The van der Waals surface area contributed by atoms with E-state index in [-0.39, 0.29) is 35.2 Å². The van der Waals surface area contributed by atoms with Gasteiger partial charge in [-0.15, -0.1) is 0 Å². The Kier molecular flexibility index (Phi) is 4.31. The second-order valence-electron chi connectivity index (χ2n) is 5.33. The monoisotopic (exact) mass is 364 g/mol. The number of aromatic nitrogens is 2. The van der Waals surface area contributed by atoms with Crippen LogP contribution >= 0.6 is 0 Å². The lowest BCUT2D eigenvalue weighted by Crippen LogP contribution is -2.26. The van der Waals surface area contributed by atoms with E-state index in [0.29, 0.717) is 11.3 Å². The average Bonchev–Trinajstić information content (AvgIpc) is 3.04. The van der Waals surface area contributed by atoms with E-state index in [1.165, 1.54) is 42.9 Å². The molecule has 0 spiro atoms. The summed E-state index contributed by atoms with van der Waals surface area (Å²) in [5.74, 6) is -0.417. The third-order valence-electron chi connectivity index (χ3n) is 3.85. The molecule has 0 amide bonds. The molecule has 0 fully saturated rings. The van der Waals surface area contributed by atoms with E-state index in [1.807, 2.05) is 0 Å². The minimum atomic E-state index is -3.93. The van der Waals surface area contributed by atoms with Gasteiger partial charge < -0.3 is 15.2 Å². The van der Waals surface area contributed by atoms with E-state index in [9.17, 15) is 13.2 Å². The summed E-state index contributed by atoms with van der Waals surface area (Å²) in [7, 11) is -1.35. The predicted molar refractivity (Wildman–Crippen MR) is 87.2 cm³/mol. The molecule has 0 unspecified atom stereocenters. The van der Waals surface area contributed by atoms with Crippen LogP contribution in [-0.4, -0.2) is 42.9 Å². The normalized spacial score (nSPS) is 14.2. The molecule has 10 heteroatoms. The highest BCUT2D eigenvalue weighted by Gasteiger charge is 2.34. The molecular formula is C15H16N4O5S. The fourth-order valence-electron chi connectivity index (χ4n) is 2.57. The van der Waals surface area contributed by atoms with Crippen LogP contribution in [0.4, 0.5) is 5.95 Å². The summed E-state index contributed by atoms with van der Waals surface area (Å²) in [6, 6.07) is 4.10. The van der Waals surface area contributed by atoms with Crippen LogP contribution in [0, 0.1) is 0 Å². The maximum absolute atomic E-state index is 13.0. The van der Waals surface area contributed by atoms with E-state index in [4.69, 9.17) is 10.5 Å². The van der Waals surface area contributed by atoms with Crippen LogP contribution in [0.25, 0.3) is 0 Å². The Morgan fingerprint density at radius 1 is 1.28 bits per heavy atom. The summed E-state index contributed by atoms with van der Waals surface area (Å²) in [5, 5.41) is 0. The smallest absolute Gasteiger partial charge is 0.337 e. The van der Waals surface area contributed by atoms with E-state index >= 15 is 0 Å². The molecule has 2 aromatic rings. The highest BCUT2D eigenvalue weighted by atomic mass is 32.2. The van der Waals surface area contributed by atoms with Crippen molar-refractivity contribution in [2.24, 2.45) is 0 Å². The fraction of sp³-hybridized carbons (Fsp3) is 0.267. The number of carbonyl (C=O) groups is 1. The molecule has 1 aromatic carbocycles. The summed E-state index contributed by atoms with van der Waals surface area (Å²) in [6.45, 7) is 0.180. The van der Waals surface area contributed by atoms with Crippen molar-refractivity contribution in [1.29, 1.82) is 0 Å². The zero-order chi connectivity index (χ0) is 18.2. The van der Waals surface area contributed by atoms with Gasteiger partial charge in [0, 0.05) is 18.3 Å². The van der Waals surface area contributed by atoms with Gasteiger partial charge in [-0.25, -0.2) is 23.2 Å². The Bertz CT molecular complexity index is 945. The SMILES string of the molecule is COC(=O)c1ccc(OC)c(S(=O)(=O)N2Cc3cnc(N)nc3C2)c1. The maximum atomic E-state index is 13.0. The van der Waals surface area contributed by atoms with Gasteiger partial charge >= 0.3 is 5.97 Å². The molecule has 1 aliphatic rings. The molecule has 2 heterocycles. The van der Waals surface area contributed by atoms with Crippen molar-refractivity contribution < 1.29 is 22.7 Å². The van der Waals surface area contributed by atoms with Gasteiger partial charge in [0.25, 0.3) is 0 Å². The number of hydrogen-bond donors (Lipinski definition) is 1. The molecule has 1 aromatic heterocycles. The Morgan fingerprint density at radius 2 is 2.04 bits per heavy atom. The molecular weight excluding hydrogens is 348 g/mol. The first-order chi connectivity index (χ1) is 11.9. The van der Waals surface area contributed by atoms with Crippen molar-refractivity contribution in [3.63, 3.8) is 0 Å². The van der Waals surface area contributed by atoms with Crippen LogP contribution in [0.15, 0.2) is 29.3 Å². The van der Waals surface area contributed by atoms with Crippen molar-refractivity contribution in [1.82, 2.24) is 14.3 Å². The van der Waals surface area contributed by atoms with Crippen LogP contribution in [-0.2, 0) is 27.8 Å². The maximum Gasteiger partial charge on any atom is 0.337 e. The number of hydrogen-bond acceptors (Lipinski definition) is 8. The third kappa shape index (κ3) is 3.01. The highest BCUT2D eigenvalue weighted by Crippen LogP contribution is 2.32. The van der Waals surface area contributed by atoms with Crippen molar-refractivity contribution in [2.75, 3.05) is 20.0 Å². The van der Waals surface area contributed by atoms with E-state index in [0.717, 1.165) is 0 Å². The fourth-order valence-corrected chi connectivity index (χ4v) is 4.13. The van der Waals surface area contributed by atoms with Gasteiger partial charge in [0.1, 0.15) is 10.6 Å². The first-order valence-corrected chi connectivity index (χ1v) is 8.67. The third-order valence-corrected chi connectivity index (χ3v) is 5.66. The van der Waals surface area contributed by atoms with Gasteiger partial charge in [-0.2, -0.15) is 4.31 Å². The molecule has 3 rings (SSSR count). The number of sulfonamides is 1. The van der Waals surface area contributed by atoms with Gasteiger partial charge in [0.15, 0.2) is 0 Å². The van der Waals surface area contributed by atoms with Crippen LogP contribution in [0.5, 0.6) is 5.75 Å². The van der Waals surface area contributed by atoms with Crippen molar-refractivity contribution in [3.05, 3.63) is 41.2 Å². The number of nitrogens with two attached hydrogens (primary N) is 1. The topological polar surface area (TPSA) is 125 Å². The number of rotatable bonds is 4. The second-order valence-corrected chi connectivity index (χ2v) is 7.24. The number of nitrogens with zero attached hydrogens (tertiary/aromatic N) is 3. The molecule has 1 aliphatic heterocycles. The molecule has 0 saturated heterocycles. The Labute approximate surface area is 144 Å². The van der Waals surface area contributed by atoms with Gasteiger partial charge in [0.05, 0.1) is 32.0 Å². The first-order valence-electron chi connectivity index (χ1n) is 7.23. The summed E-state index contributed by atoms with van der Waals surface area (Å²) in [4.78, 5) is 19.6.